The van der Waals surface area contributed by atoms with Crippen LogP contribution >= 0.6 is 0 Å². The molecule has 8 heteroatoms. The van der Waals surface area contributed by atoms with E-state index in [1.807, 2.05) is 12.1 Å². The second-order valence-electron chi connectivity index (χ2n) is 7.25. The molecule has 164 valence electrons. The van der Waals surface area contributed by atoms with E-state index in [0.29, 0.717) is 23.7 Å². The lowest BCUT2D eigenvalue weighted by atomic mass is 10.1. The lowest BCUT2D eigenvalue weighted by Crippen LogP contribution is -2.24. The zero-order chi connectivity index (χ0) is 22.5. The third kappa shape index (κ3) is 4.97. The van der Waals surface area contributed by atoms with E-state index in [9.17, 15) is 9.59 Å². The van der Waals surface area contributed by atoms with Crippen LogP contribution in [-0.2, 0) is 17.8 Å². The normalized spacial score (nSPS) is 12.9. The van der Waals surface area contributed by atoms with Crippen LogP contribution in [0.3, 0.4) is 0 Å². The molecule has 32 heavy (non-hydrogen) atoms. The number of carbonyl (C=O) groups is 2. The number of nitrogens with zero attached hydrogens (tertiary/aromatic N) is 1. The van der Waals surface area contributed by atoms with Gasteiger partial charge in [-0.2, -0.15) is 0 Å². The van der Waals surface area contributed by atoms with Crippen molar-refractivity contribution in [1.29, 1.82) is 0 Å². The van der Waals surface area contributed by atoms with Crippen molar-refractivity contribution in [2.45, 2.75) is 26.0 Å². The van der Waals surface area contributed by atoms with Crippen molar-refractivity contribution >= 4 is 11.9 Å². The molecule has 4 rings (SSSR count). The molecule has 2 heterocycles. The summed E-state index contributed by atoms with van der Waals surface area (Å²) in [6.45, 7) is 2.39. The van der Waals surface area contributed by atoms with Gasteiger partial charge in [0.2, 0.25) is 5.88 Å². The monoisotopic (exact) mass is 434 g/mol. The molecule has 3 aromatic rings. The summed E-state index contributed by atoms with van der Waals surface area (Å²) >= 11 is 0. The predicted molar refractivity (Wildman–Crippen MR) is 115 cm³/mol. The molecule has 2 N–H and O–H groups in total. The van der Waals surface area contributed by atoms with Gasteiger partial charge >= 0.3 is 5.97 Å². The Morgan fingerprint density at radius 3 is 2.72 bits per heavy atom. The Balaban J connectivity index is 1.39. The quantitative estimate of drug-likeness (QED) is 0.558. The SMILES string of the molecule is CC(Oc1ccc(CNC(=O)c2cccnc2Oc2ccc3c(c2)CCO3)cc1)C(=O)O. The number of carbonyl (C=O) groups excluding carboxylic acids is 1. The molecule has 8 nitrogen and oxygen atoms in total. The number of carboxylic acid groups (broad SMARTS) is 1. The van der Waals surface area contributed by atoms with E-state index < -0.39 is 12.1 Å². The minimum Gasteiger partial charge on any atom is -0.493 e. The molecule has 0 saturated carbocycles. The summed E-state index contributed by atoms with van der Waals surface area (Å²) in [5.74, 6) is 0.743. The predicted octanol–water partition coefficient (Wildman–Crippen LogP) is 3.59. The fourth-order valence-electron chi connectivity index (χ4n) is 3.20. The van der Waals surface area contributed by atoms with E-state index in [1.54, 1.807) is 48.7 Å². The number of hydrogen-bond donors (Lipinski definition) is 2. The number of rotatable bonds is 8. The standard InChI is InChI=1S/C24H22N2O6/c1-15(24(28)29)31-18-6-4-16(5-7-18)14-26-22(27)20-3-2-11-25-23(20)32-19-8-9-21-17(13-19)10-12-30-21/h2-9,11,13,15H,10,12,14H2,1H3,(H,26,27)(H,28,29). The number of nitrogens with one attached hydrogen (secondary N) is 1. The van der Waals surface area contributed by atoms with Crippen LogP contribution < -0.4 is 19.5 Å². The number of aliphatic carboxylic acids is 1. The average molecular weight is 434 g/mol. The van der Waals surface area contributed by atoms with Gasteiger partial charge in [-0.05, 0) is 55.0 Å². The first-order chi connectivity index (χ1) is 15.5. The van der Waals surface area contributed by atoms with E-state index in [-0.39, 0.29) is 18.3 Å². The van der Waals surface area contributed by atoms with Gasteiger partial charge in [0.1, 0.15) is 22.8 Å². The smallest absolute Gasteiger partial charge is 0.344 e. The minimum atomic E-state index is -1.04. The van der Waals surface area contributed by atoms with E-state index in [0.717, 1.165) is 23.3 Å². The Hall–Kier alpha value is -4.07. The van der Waals surface area contributed by atoms with Crippen molar-refractivity contribution in [2.75, 3.05) is 6.61 Å². The third-order valence-corrected chi connectivity index (χ3v) is 4.93. The minimum absolute atomic E-state index is 0.218. The first-order valence-electron chi connectivity index (χ1n) is 10.1. The second kappa shape index (κ2) is 9.38. The van der Waals surface area contributed by atoms with E-state index in [1.165, 1.54) is 6.92 Å². The van der Waals surface area contributed by atoms with Crippen LogP contribution in [0.4, 0.5) is 0 Å². The lowest BCUT2D eigenvalue weighted by molar-refractivity contribution is -0.144. The molecule has 0 spiro atoms. The molecule has 0 saturated heterocycles. The molecule has 2 aromatic carbocycles. The van der Waals surface area contributed by atoms with Crippen molar-refractivity contribution in [3.63, 3.8) is 0 Å². The third-order valence-electron chi connectivity index (χ3n) is 4.93. The van der Waals surface area contributed by atoms with Gasteiger partial charge in [0.15, 0.2) is 6.10 Å². The summed E-state index contributed by atoms with van der Waals surface area (Å²) in [6.07, 6.45) is 1.45. The van der Waals surface area contributed by atoms with Crippen LogP contribution in [0.2, 0.25) is 0 Å². The summed E-state index contributed by atoms with van der Waals surface area (Å²) < 4.78 is 16.7. The van der Waals surface area contributed by atoms with Crippen molar-refractivity contribution in [3.05, 3.63) is 77.5 Å². The van der Waals surface area contributed by atoms with Gasteiger partial charge in [-0.15, -0.1) is 0 Å². The highest BCUT2D eigenvalue weighted by Gasteiger charge is 2.17. The molecule has 1 atom stereocenters. The zero-order valence-corrected chi connectivity index (χ0v) is 17.4. The molecule has 1 amide bonds. The molecule has 0 fully saturated rings. The molecule has 0 bridgehead atoms. The van der Waals surface area contributed by atoms with Crippen molar-refractivity contribution in [3.8, 4) is 23.1 Å². The summed E-state index contributed by atoms with van der Waals surface area (Å²) in [5, 5.41) is 11.8. The number of benzene rings is 2. The maximum Gasteiger partial charge on any atom is 0.344 e. The Kier molecular flexibility index (Phi) is 6.21. The Morgan fingerprint density at radius 2 is 1.94 bits per heavy atom. The van der Waals surface area contributed by atoms with Crippen LogP contribution in [0.25, 0.3) is 0 Å². The zero-order valence-electron chi connectivity index (χ0n) is 17.4. The number of carboxylic acids is 1. The first kappa shape index (κ1) is 21.2. The van der Waals surface area contributed by atoms with Gasteiger partial charge in [0.05, 0.1) is 6.61 Å². The van der Waals surface area contributed by atoms with E-state index in [4.69, 9.17) is 19.3 Å². The number of pyridine rings is 1. The maximum absolute atomic E-state index is 12.8. The van der Waals surface area contributed by atoms with Crippen LogP contribution in [0.1, 0.15) is 28.4 Å². The van der Waals surface area contributed by atoms with Crippen LogP contribution in [-0.4, -0.2) is 34.7 Å². The lowest BCUT2D eigenvalue weighted by Gasteiger charge is -2.12. The number of aromatic nitrogens is 1. The summed E-state index contributed by atoms with van der Waals surface area (Å²) in [6, 6.07) is 15.7. The summed E-state index contributed by atoms with van der Waals surface area (Å²) in [5.41, 5.74) is 2.22. The van der Waals surface area contributed by atoms with Crippen LogP contribution in [0.5, 0.6) is 23.1 Å². The largest absolute Gasteiger partial charge is 0.493 e. The number of amides is 1. The first-order valence-corrected chi connectivity index (χ1v) is 10.1. The highest BCUT2D eigenvalue weighted by atomic mass is 16.5. The highest BCUT2D eigenvalue weighted by molar-refractivity contribution is 5.96. The van der Waals surface area contributed by atoms with Crippen molar-refractivity contribution in [1.82, 2.24) is 10.3 Å². The van der Waals surface area contributed by atoms with E-state index in [2.05, 4.69) is 10.3 Å². The Bertz CT molecular complexity index is 1130. The molecule has 1 aliphatic heterocycles. The molecule has 0 aliphatic carbocycles. The molecule has 0 radical (unpaired) electrons. The van der Waals surface area contributed by atoms with Gasteiger partial charge in [-0.3, -0.25) is 4.79 Å². The van der Waals surface area contributed by atoms with Crippen molar-refractivity contribution in [2.24, 2.45) is 0 Å². The highest BCUT2D eigenvalue weighted by Crippen LogP contribution is 2.31. The van der Waals surface area contributed by atoms with Gasteiger partial charge in [-0.1, -0.05) is 12.1 Å². The number of hydrogen-bond acceptors (Lipinski definition) is 6. The fourth-order valence-corrected chi connectivity index (χ4v) is 3.20. The Morgan fingerprint density at radius 1 is 1.16 bits per heavy atom. The van der Waals surface area contributed by atoms with Gasteiger partial charge in [0.25, 0.3) is 5.91 Å². The molecular formula is C24H22N2O6. The second-order valence-corrected chi connectivity index (χ2v) is 7.25. The van der Waals surface area contributed by atoms with Gasteiger partial charge in [-0.25, -0.2) is 9.78 Å². The molecule has 1 unspecified atom stereocenters. The maximum atomic E-state index is 12.8. The van der Waals surface area contributed by atoms with Gasteiger partial charge in [0, 0.05) is 24.7 Å². The van der Waals surface area contributed by atoms with Crippen LogP contribution in [0.15, 0.2) is 60.8 Å². The fraction of sp³-hybridized carbons (Fsp3) is 0.208. The topological polar surface area (TPSA) is 107 Å². The van der Waals surface area contributed by atoms with E-state index >= 15 is 0 Å². The molecule has 1 aliphatic rings. The van der Waals surface area contributed by atoms with Gasteiger partial charge < -0.3 is 24.6 Å². The molecular weight excluding hydrogens is 412 g/mol. The average Bonchev–Trinajstić information content (AvgIpc) is 3.26. The Labute approximate surface area is 184 Å². The van der Waals surface area contributed by atoms with Crippen molar-refractivity contribution < 1.29 is 28.9 Å². The number of fused-ring (bicyclic) bond motifs is 1. The summed E-state index contributed by atoms with van der Waals surface area (Å²) in [4.78, 5) is 27.9. The molecule has 1 aromatic heterocycles. The number of ether oxygens (including phenoxy) is 3. The van der Waals surface area contributed by atoms with Crippen LogP contribution in [0, 0.1) is 0 Å². The summed E-state index contributed by atoms with van der Waals surface area (Å²) in [7, 11) is 0.